The van der Waals surface area contributed by atoms with Crippen molar-refractivity contribution in [3.05, 3.63) is 36.0 Å². The third kappa shape index (κ3) is 6.01. The van der Waals surface area contributed by atoms with Gasteiger partial charge in [-0.1, -0.05) is 0 Å². The molecule has 10 nitrogen and oxygen atoms in total. The van der Waals surface area contributed by atoms with Crippen LogP contribution in [0.4, 0.5) is 16.3 Å². The molecule has 2 aliphatic rings. The number of anilines is 2. The van der Waals surface area contributed by atoms with E-state index in [1.807, 2.05) is 32.0 Å². The van der Waals surface area contributed by atoms with Gasteiger partial charge in [0.2, 0.25) is 0 Å². The van der Waals surface area contributed by atoms with Gasteiger partial charge in [0.15, 0.2) is 5.82 Å². The van der Waals surface area contributed by atoms with E-state index in [-0.39, 0.29) is 17.9 Å². The van der Waals surface area contributed by atoms with Crippen molar-refractivity contribution in [3.63, 3.8) is 0 Å². The van der Waals surface area contributed by atoms with Crippen LogP contribution in [0.2, 0.25) is 0 Å². The SMILES string of the molecule is C[C@H]1COCCN1c1cc(C(C)(C)S(O)(O)C2CC2)nc(-c2ccc(NC(=O)NC(C)(C)CO)cc2)n1. The Balaban J connectivity index is 1.66. The second-order valence-corrected chi connectivity index (χ2v) is 13.9. The third-order valence-corrected chi connectivity index (χ3v) is 10.1. The normalized spacial score (nSPS) is 19.5. The number of urea groups is 1. The van der Waals surface area contributed by atoms with Crippen LogP contribution < -0.4 is 15.5 Å². The number of morpholine rings is 1. The quantitative estimate of drug-likeness (QED) is 0.336. The van der Waals surface area contributed by atoms with Crippen LogP contribution in [0.25, 0.3) is 11.4 Å². The summed E-state index contributed by atoms with van der Waals surface area (Å²) in [6, 6.07) is 8.75. The summed E-state index contributed by atoms with van der Waals surface area (Å²) in [7, 11) is -2.92. The third-order valence-electron chi connectivity index (χ3n) is 6.98. The van der Waals surface area contributed by atoms with Gasteiger partial charge >= 0.3 is 6.03 Å². The molecule has 5 N–H and O–H groups in total. The van der Waals surface area contributed by atoms with Gasteiger partial charge in [-0.15, -0.1) is 0 Å². The molecule has 0 bridgehead atoms. The predicted molar refractivity (Wildman–Crippen MR) is 147 cm³/mol. The van der Waals surface area contributed by atoms with E-state index in [1.165, 1.54) is 0 Å². The zero-order chi connectivity index (χ0) is 27.0. The maximum absolute atomic E-state index is 12.3. The number of carbonyl (C=O) groups excluding carboxylic acids is 1. The van der Waals surface area contributed by atoms with Gasteiger partial charge < -0.3 is 25.4 Å². The smallest absolute Gasteiger partial charge is 0.319 e. The number of hydrogen-bond acceptors (Lipinski definition) is 8. The molecule has 2 fully saturated rings. The Morgan fingerprint density at radius 2 is 1.84 bits per heavy atom. The monoisotopic (exact) mass is 533 g/mol. The number of aliphatic hydroxyl groups excluding tert-OH is 1. The lowest BCUT2D eigenvalue weighted by atomic mass is 10.1. The Bertz CT molecular complexity index is 1120. The van der Waals surface area contributed by atoms with Crippen molar-refractivity contribution in [2.45, 2.75) is 69.0 Å². The number of ether oxygens (including phenoxy) is 1. The Kier molecular flexibility index (Phi) is 7.74. The molecule has 0 unspecified atom stereocenters. The average Bonchev–Trinajstić information content (AvgIpc) is 3.70. The van der Waals surface area contributed by atoms with Gasteiger partial charge in [-0.05, 0) is 71.7 Å². The summed E-state index contributed by atoms with van der Waals surface area (Å²) in [6.45, 7) is 10.9. The molecule has 2 aromatic rings. The molecule has 11 heteroatoms. The molecular weight excluding hydrogens is 494 g/mol. The number of aromatic nitrogens is 2. The largest absolute Gasteiger partial charge is 0.394 e. The molecule has 2 heterocycles. The van der Waals surface area contributed by atoms with Crippen molar-refractivity contribution >= 4 is 28.1 Å². The maximum Gasteiger partial charge on any atom is 0.319 e. The fourth-order valence-corrected chi connectivity index (χ4v) is 6.30. The highest BCUT2D eigenvalue weighted by Gasteiger charge is 2.48. The molecule has 1 atom stereocenters. The maximum atomic E-state index is 12.3. The fourth-order valence-electron chi connectivity index (χ4n) is 4.27. The van der Waals surface area contributed by atoms with E-state index < -0.39 is 26.9 Å². The van der Waals surface area contributed by atoms with E-state index in [2.05, 4.69) is 22.5 Å². The molecule has 0 radical (unpaired) electrons. The van der Waals surface area contributed by atoms with E-state index in [4.69, 9.17) is 14.7 Å². The molecule has 1 aromatic carbocycles. The van der Waals surface area contributed by atoms with Crippen molar-refractivity contribution in [2.75, 3.05) is 36.6 Å². The number of rotatable bonds is 8. The van der Waals surface area contributed by atoms with E-state index in [9.17, 15) is 19.0 Å². The van der Waals surface area contributed by atoms with Crippen molar-refractivity contribution in [1.29, 1.82) is 0 Å². The van der Waals surface area contributed by atoms with Gasteiger partial charge in [-0.3, -0.25) is 9.11 Å². The van der Waals surface area contributed by atoms with Crippen molar-refractivity contribution < 1.29 is 23.7 Å². The second kappa shape index (κ2) is 10.4. The first kappa shape index (κ1) is 27.6. The first-order valence-corrected chi connectivity index (χ1v) is 14.3. The molecule has 0 spiro atoms. The molecule has 4 rings (SSSR count). The summed E-state index contributed by atoms with van der Waals surface area (Å²) in [6.07, 6.45) is 1.63. The summed E-state index contributed by atoms with van der Waals surface area (Å²) in [4.78, 5) is 24.1. The molecule has 1 saturated heterocycles. The number of amides is 2. The number of benzene rings is 1. The number of nitrogens with zero attached hydrogens (tertiary/aromatic N) is 3. The molecule has 1 aliphatic heterocycles. The summed E-state index contributed by atoms with van der Waals surface area (Å²) in [5.41, 5.74) is 1.17. The molecule has 1 saturated carbocycles. The minimum absolute atomic E-state index is 0.0982. The average molecular weight is 534 g/mol. The highest BCUT2D eigenvalue weighted by Crippen LogP contribution is 2.67. The van der Waals surface area contributed by atoms with Gasteiger partial charge in [-0.25, -0.2) is 14.8 Å². The highest BCUT2D eigenvalue weighted by atomic mass is 32.3. The van der Waals surface area contributed by atoms with Crippen LogP contribution >= 0.6 is 10.6 Å². The lowest BCUT2D eigenvalue weighted by Crippen LogP contribution is -2.48. The van der Waals surface area contributed by atoms with Gasteiger partial charge in [0.1, 0.15) is 5.82 Å². The van der Waals surface area contributed by atoms with Crippen LogP contribution in [0.1, 0.15) is 53.2 Å². The standard InChI is InChI=1S/C26H39N5O5S/c1-17-15-36-13-12-31(17)22-14-21(26(4,5)37(34,35)20-10-11-20)28-23(29-22)18-6-8-19(9-7-18)27-24(33)30-25(2,3)16-32/h6-9,14,17,20,32,34-35H,10-13,15-16H2,1-5H3,(H2,27,30,33)/t17-/m0/s1. The number of nitrogens with one attached hydrogen (secondary N) is 2. The topological polar surface area (TPSA) is 140 Å². The summed E-state index contributed by atoms with van der Waals surface area (Å²) < 4.78 is 27.0. The first-order chi connectivity index (χ1) is 17.3. The zero-order valence-corrected chi connectivity index (χ0v) is 23.0. The van der Waals surface area contributed by atoms with Gasteiger partial charge in [0, 0.05) is 29.1 Å². The van der Waals surface area contributed by atoms with Crippen LogP contribution in [0.5, 0.6) is 0 Å². The van der Waals surface area contributed by atoms with E-state index in [1.54, 1.807) is 26.0 Å². The van der Waals surface area contributed by atoms with E-state index in [0.29, 0.717) is 37.0 Å². The summed E-state index contributed by atoms with van der Waals surface area (Å²) >= 11 is 0. The van der Waals surface area contributed by atoms with Crippen molar-refractivity contribution in [3.8, 4) is 11.4 Å². The van der Waals surface area contributed by atoms with Crippen LogP contribution in [-0.4, -0.2) is 73.4 Å². The van der Waals surface area contributed by atoms with Crippen molar-refractivity contribution in [1.82, 2.24) is 15.3 Å². The fraction of sp³-hybridized carbons (Fsp3) is 0.577. The molecule has 204 valence electrons. The van der Waals surface area contributed by atoms with Gasteiger partial charge in [-0.2, -0.15) is 10.6 Å². The second-order valence-electron chi connectivity index (χ2n) is 11.1. The van der Waals surface area contributed by atoms with E-state index >= 15 is 0 Å². The lowest BCUT2D eigenvalue weighted by molar-refractivity contribution is 0.0985. The van der Waals surface area contributed by atoms with Crippen LogP contribution in [0, 0.1) is 0 Å². The van der Waals surface area contributed by atoms with E-state index in [0.717, 1.165) is 24.2 Å². The Morgan fingerprint density at radius 1 is 1.16 bits per heavy atom. The minimum Gasteiger partial charge on any atom is -0.394 e. The van der Waals surface area contributed by atoms with Crippen LogP contribution in [-0.2, 0) is 9.48 Å². The molecule has 37 heavy (non-hydrogen) atoms. The van der Waals surface area contributed by atoms with Crippen molar-refractivity contribution in [2.24, 2.45) is 0 Å². The molecule has 1 aromatic heterocycles. The van der Waals surface area contributed by atoms with Gasteiger partial charge in [0.25, 0.3) is 0 Å². The van der Waals surface area contributed by atoms with Crippen LogP contribution in [0.3, 0.4) is 0 Å². The highest BCUT2D eigenvalue weighted by molar-refractivity contribution is 8.25. The molecule has 2 amide bonds. The van der Waals surface area contributed by atoms with Crippen LogP contribution in [0.15, 0.2) is 30.3 Å². The number of aliphatic hydroxyl groups is 1. The number of carbonyl (C=O) groups is 1. The van der Waals surface area contributed by atoms with Gasteiger partial charge in [0.05, 0.1) is 41.8 Å². The Morgan fingerprint density at radius 3 is 2.43 bits per heavy atom. The Hall–Kier alpha value is -2.44. The number of hydrogen-bond donors (Lipinski definition) is 5. The molecular formula is C26H39N5O5S. The minimum atomic E-state index is -2.92. The first-order valence-electron chi connectivity index (χ1n) is 12.6. The zero-order valence-electron chi connectivity index (χ0n) is 22.2. The molecule has 1 aliphatic carbocycles. The predicted octanol–water partition coefficient (Wildman–Crippen LogP) is 4.41. The Labute approximate surface area is 220 Å². The lowest BCUT2D eigenvalue weighted by Gasteiger charge is -2.47. The summed E-state index contributed by atoms with van der Waals surface area (Å²) in [5.74, 6) is 1.20. The summed E-state index contributed by atoms with van der Waals surface area (Å²) in [5, 5.41) is 14.8.